The van der Waals surface area contributed by atoms with E-state index in [0.717, 1.165) is 43.1 Å². The number of carbonyl (C=O) groups is 3. The summed E-state index contributed by atoms with van der Waals surface area (Å²) in [6, 6.07) is 8.21. The summed E-state index contributed by atoms with van der Waals surface area (Å²) in [6.45, 7) is 3.43. The highest BCUT2D eigenvalue weighted by molar-refractivity contribution is 6.10. The fraction of sp³-hybridized carbons (Fsp3) is 0.531. The number of likely N-dealkylation sites (tertiary alicyclic amines) is 1. The molecule has 2 saturated heterocycles. The van der Waals surface area contributed by atoms with E-state index < -0.39 is 23.9 Å². The zero-order valence-electron chi connectivity index (χ0n) is 24.1. The van der Waals surface area contributed by atoms with Crippen molar-refractivity contribution in [2.24, 2.45) is 11.8 Å². The summed E-state index contributed by atoms with van der Waals surface area (Å²) < 4.78 is 13.2. The Balaban J connectivity index is 1.25. The molecule has 222 valence electrons. The van der Waals surface area contributed by atoms with Gasteiger partial charge in [0.25, 0.3) is 17.7 Å². The molecule has 43 heavy (non-hydrogen) atoms. The van der Waals surface area contributed by atoms with E-state index in [1.54, 1.807) is 34.3 Å². The van der Waals surface area contributed by atoms with Crippen molar-refractivity contribution < 1.29 is 23.5 Å². The summed E-state index contributed by atoms with van der Waals surface area (Å²) in [5.41, 5.74) is 1.90. The van der Waals surface area contributed by atoms with Gasteiger partial charge in [0.05, 0.1) is 23.9 Å². The number of piperidine rings is 1. The van der Waals surface area contributed by atoms with Gasteiger partial charge in [0.1, 0.15) is 23.5 Å². The van der Waals surface area contributed by atoms with E-state index >= 15 is 0 Å². The lowest BCUT2D eigenvalue weighted by atomic mass is 9.82. The lowest BCUT2D eigenvalue weighted by molar-refractivity contribution is -0.121. The molecule has 11 nitrogen and oxygen atoms in total. The van der Waals surface area contributed by atoms with Gasteiger partial charge in [0.2, 0.25) is 0 Å². The van der Waals surface area contributed by atoms with Gasteiger partial charge in [-0.05, 0) is 69.4 Å². The summed E-state index contributed by atoms with van der Waals surface area (Å²) in [5.74, 6) is -0.0687. The third-order valence-corrected chi connectivity index (χ3v) is 10.1. The fourth-order valence-corrected chi connectivity index (χ4v) is 7.75. The van der Waals surface area contributed by atoms with E-state index in [1.807, 2.05) is 17.7 Å². The molecular weight excluding hydrogens is 548 g/mol. The van der Waals surface area contributed by atoms with Crippen LogP contribution in [0.15, 0.2) is 34.9 Å². The lowest BCUT2D eigenvalue weighted by Crippen LogP contribution is -2.56. The minimum Gasteiger partial charge on any atom is -0.464 e. The van der Waals surface area contributed by atoms with Gasteiger partial charge in [0.15, 0.2) is 5.69 Å². The first kappa shape index (κ1) is 26.5. The molecule has 0 bridgehead atoms. The average Bonchev–Trinajstić information content (AvgIpc) is 3.88. The van der Waals surface area contributed by atoms with Gasteiger partial charge in [-0.25, -0.2) is 4.68 Å². The number of anilines is 1. The molecule has 5 aliphatic rings. The molecule has 2 aromatic heterocycles. The van der Waals surface area contributed by atoms with Crippen LogP contribution < -0.4 is 10.2 Å². The molecule has 3 amide bonds. The number of nitriles is 1. The van der Waals surface area contributed by atoms with E-state index in [0.29, 0.717) is 54.8 Å². The number of rotatable bonds is 6. The molecule has 5 atom stereocenters. The second-order valence-electron chi connectivity index (χ2n) is 12.6. The van der Waals surface area contributed by atoms with Crippen LogP contribution in [0.5, 0.6) is 0 Å². The van der Waals surface area contributed by atoms with E-state index in [2.05, 4.69) is 11.4 Å². The number of benzene rings is 1. The molecule has 5 heterocycles. The Hall–Kier alpha value is -4.17. The largest absolute Gasteiger partial charge is 0.464 e. The zero-order chi connectivity index (χ0) is 29.4. The molecule has 11 heteroatoms. The number of fused-ring (bicyclic) bond motifs is 3. The summed E-state index contributed by atoms with van der Waals surface area (Å²) in [6.07, 6.45) is 6.40. The van der Waals surface area contributed by atoms with Gasteiger partial charge in [-0.15, -0.1) is 0 Å². The van der Waals surface area contributed by atoms with Crippen LogP contribution in [-0.4, -0.2) is 70.3 Å². The molecule has 4 fully saturated rings. The van der Waals surface area contributed by atoms with Crippen molar-refractivity contribution >= 4 is 34.5 Å². The second-order valence-corrected chi connectivity index (χ2v) is 12.6. The molecule has 8 rings (SSSR count). The van der Waals surface area contributed by atoms with Crippen molar-refractivity contribution in [1.82, 2.24) is 20.0 Å². The van der Waals surface area contributed by atoms with Crippen molar-refractivity contribution in [3.05, 3.63) is 47.3 Å². The number of nitrogens with zero attached hydrogens (tertiary/aromatic N) is 5. The minimum atomic E-state index is -0.865. The average molecular weight is 583 g/mol. The molecule has 5 unspecified atom stereocenters. The van der Waals surface area contributed by atoms with Gasteiger partial charge in [0, 0.05) is 42.7 Å². The van der Waals surface area contributed by atoms with Crippen molar-refractivity contribution in [1.29, 1.82) is 5.26 Å². The summed E-state index contributed by atoms with van der Waals surface area (Å²) in [7, 11) is 0. The first-order valence-electron chi connectivity index (χ1n) is 15.5. The van der Waals surface area contributed by atoms with Gasteiger partial charge in [-0.3, -0.25) is 19.3 Å². The third kappa shape index (κ3) is 4.10. The highest BCUT2D eigenvalue weighted by atomic mass is 16.5. The molecular formula is C32H34N6O5. The Morgan fingerprint density at radius 1 is 1.12 bits per heavy atom. The van der Waals surface area contributed by atoms with E-state index in [4.69, 9.17) is 14.3 Å². The number of likely N-dealkylation sites (N-methyl/N-ethyl adjacent to an activating group) is 1. The van der Waals surface area contributed by atoms with E-state index in [1.165, 1.54) is 0 Å². The third-order valence-electron chi connectivity index (χ3n) is 10.1. The number of para-hydroxylation sites is 1. The highest BCUT2D eigenvalue weighted by Crippen LogP contribution is 2.53. The van der Waals surface area contributed by atoms with Gasteiger partial charge in [-0.1, -0.05) is 12.1 Å². The molecule has 2 aliphatic carbocycles. The number of nitrogens with one attached hydrogen (secondary N) is 1. The van der Waals surface area contributed by atoms with Crippen LogP contribution in [0.3, 0.4) is 0 Å². The number of aromatic nitrogens is 2. The maximum atomic E-state index is 14.4. The van der Waals surface area contributed by atoms with Crippen molar-refractivity contribution in [3.8, 4) is 6.07 Å². The van der Waals surface area contributed by atoms with Crippen molar-refractivity contribution in [3.63, 3.8) is 0 Å². The van der Waals surface area contributed by atoms with Crippen LogP contribution in [0.25, 0.3) is 11.0 Å². The second kappa shape index (κ2) is 9.95. The molecule has 0 radical (unpaired) electrons. The Morgan fingerprint density at radius 3 is 2.67 bits per heavy atom. The van der Waals surface area contributed by atoms with Crippen LogP contribution >= 0.6 is 0 Å². The highest BCUT2D eigenvalue weighted by Gasteiger charge is 2.57. The minimum absolute atomic E-state index is 0.0209. The van der Waals surface area contributed by atoms with Crippen LogP contribution in [-0.2, 0) is 9.53 Å². The van der Waals surface area contributed by atoms with E-state index in [-0.39, 0.29) is 29.8 Å². The van der Waals surface area contributed by atoms with E-state index in [9.17, 15) is 19.6 Å². The number of furan rings is 1. The lowest BCUT2D eigenvalue weighted by Gasteiger charge is -2.39. The number of ether oxygens (including phenoxy) is 1. The first-order valence-corrected chi connectivity index (χ1v) is 15.5. The molecule has 2 saturated carbocycles. The zero-order valence-corrected chi connectivity index (χ0v) is 24.1. The topological polar surface area (TPSA) is 134 Å². The van der Waals surface area contributed by atoms with Crippen LogP contribution in [0, 0.1) is 23.2 Å². The summed E-state index contributed by atoms with van der Waals surface area (Å²) in [5, 5.41) is 18.8. The Kier molecular flexibility index (Phi) is 6.12. The van der Waals surface area contributed by atoms with Gasteiger partial charge >= 0.3 is 0 Å². The normalized spacial score (nSPS) is 28.5. The monoisotopic (exact) mass is 582 g/mol. The number of amides is 3. The smallest absolute Gasteiger partial charge is 0.276 e. The molecule has 1 N–H and O–H groups in total. The quantitative estimate of drug-likeness (QED) is 0.468. The maximum absolute atomic E-state index is 14.4. The van der Waals surface area contributed by atoms with Gasteiger partial charge in [-0.2, -0.15) is 10.4 Å². The Bertz CT molecular complexity index is 1680. The fourth-order valence-electron chi connectivity index (χ4n) is 7.75. The first-order chi connectivity index (χ1) is 21.0. The SMILES string of the molecule is CCN1C(=O)C(NC(=O)c2cccc3ccoc23)C(C2CC2)c2c(C(=O)N3C(C#N)CC4CC43)nn(C3CCOCC3)c21. The summed E-state index contributed by atoms with van der Waals surface area (Å²) >= 11 is 0. The number of hydrogen-bond donors (Lipinski definition) is 1. The number of carbonyl (C=O) groups excluding carboxylic acids is 3. The maximum Gasteiger partial charge on any atom is 0.276 e. The predicted molar refractivity (Wildman–Crippen MR) is 154 cm³/mol. The van der Waals surface area contributed by atoms with Crippen LogP contribution in [0.1, 0.15) is 83.8 Å². The van der Waals surface area contributed by atoms with Crippen LogP contribution in [0.2, 0.25) is 0 Å². The molecule has 0 spiro atoms. The molecule has 3 aliphatic heterocycles. The summed E-state index contributed by atoms with van der Waals surface area (Å²) in [4.78, 5) is 46.0. The molecule has 3 aromatic rings. The Labute approximate surface area is 248 Å². The van der Waals surface area contributed by atoms with Crippen molar-refractivity contribution in [2.75, 3.05) is 24.7 Å². The number of hydrogen-bond acceptors (Lipinski definition) is 7. The van der Waals surface area contributed by atoms with Gasteiger partial charge < -0.3 is 19.4 Å². The Morgan fingerprint density at radius 2 is 1.93 bits per heavy atom. The van der Waals surface area contributed by atoms with Crippen LogP contribution in [0.4, 0.5) is 5.82 Å². The standard InChI is InChI=1S/C32H34N6O5/c1-2-36-30-25(24(17-6-7-17)26(31(36)40)34-29(39)22-5-3-4-18-8-13-43-28(18)22)27(35-38(30)20-9-11-42-12-10-20)32(41)37-21(16-33)14-19-15-23(19)37/h3-5,8,13,17,19-21,23-24,26H,2,6-7,9-12,14-15H2,1H3,(H,34,39). The van der Waals surface area contributed by atoms with Crippen molar-refractivity contribution in [2.45, 2.75) is 75.5 Å². The molecule has 1 aromatic carbocycles. The predicted octanol–water partition coefficient (Wildman–Crippen LogP) is 3.77.